The lowest BCUT2D eigenvalue weighted by Crippen LogP contribution is -2.28. The summed E-state index contributed by atoms with van der Waals surface area (Å²) in [7, 11) is 0. The number of thiophene rings is 1. The number of fused-ring (bicyclic) bond motifs is 1. The van der Waals surface area contributed by atoms with Gasteiger partial charge < -0.3 is 10.4 Å². The molecule has 3 aromatic rings. The Hall–Kier alpha value is -2.48. The van der Waals surface area contributed by atoms with E-state index < -0.39 is 16.9 Å². The number of non-ortho nitro benzene ring substituents is 1. The SMILES string of the molecule is O=C(NCC(O)c1csc2ccccc12)c1cc([N+](=O)[O-])ccc1Cl. The predicted molar refractivity (Wildman–Crippen MR) is 97.2 cm³/mol. The van der Waals surface area contributed by atoms with Crippen molar-refractivity contribution >= 4 is 44.6 Å². The smallest absolute Gasteiger partial charge is 0.270 e. The number of amides is 1. The molecule has 0 saturated heterocycles. The number of benzene rings is 2. The van der Waals surface area contributed by atoms with E-state index in [4.69, 9.17) is 11.6 Å². The Morgan fingerprint density at radius 2 is 2.08 bits per heavy atom. The lowest BCUT2D eigenvalue weighted by molar-refractivity contribution is -0.384. The highest BCUT2D eigenvalue weighted by Crippen LogP contribution is 2.30. The molecule has 1 amide bonds. The van der Waals surface area contributed by atoms with Crippen LogP contribution in [0.5, 0.6) is 0 Å². The number of aliphatic hydroxyl groups is 1. The zero-order chi connectivity index (χ0) is 18.0. The Labute approximate surface area is 151 Å². The first-order valence-electron chi connectivity index (χ1n) is 7.33. The van der Waals surface area contributed by atoms with E-state index in [0.717, 1.165) is 21.7 Å². The van der Waals surface area contributed by atoms with Gasteiger partial charge in [0.15, 0.2) is 0 Å². The summed E-state index contributed by atoms with van der Waals surface area (Å²) in [5, 5.41) is 26.7. The second-order valence-corrected chi connectivity index (χ2v) is 6.65. The van der Waals surface area contributed by atoms with Gasteiger partial charge in [-0.15, -0.1) is 11.3 Å². The number of hydrogen-bond acceptors (Lipinski definition) is 5. The number of carbonyl (C=O) groups is 1. The molecule has 1 atom stereocenters. The topological polar surface area (TPSA) is 92.5 Å². The Morgan fingerprint density at radius 1 is 1.32 bits per heavy atom. The minimum Gasteiger partial charge on any atom is -0.387 e. The maximum atomic E-state index is 12.3. The Bertz CT molecular complexity index is 957. The molecule has 2 N–H and O–H groups in total. The van der Waals surface area contributed by atoms with Crippen molar-refractivity contribution in [3.05, 3.63) is 74.1 Å². The van der Waals surface area contributed by atoms with E-state index in [1.807, 2.05) is 29.6 Å². The van der Waals surface area contributed by atoms with Gasteiger partial charge in [0.25, 0.3) is 11.6 Å². The van der Waals surface area contributed by atoms with Crippen molar-refractivity contribution in [3.63, 3.8) is 0 Å². The highest BCUT2D eigenvalue weighted by Gasteiger charge is 2.18. The molecule has 0 aliphatic carbocycles. The van der Waals surface area contributed by atoms with Crippen LogP contribution in [0.1, 0.15) is 22.0 Å². The summed E-state index contributed by atoms with van der Waals surface area (Å²) in [4.78, 5) is 22.5. The second-order valence-electron chi connectivity index (χ2n) is 5.33. The summed E-state index contributed by atoms with van der Waals surface area (Å²) < 4.78 is 1.05. The van der Waals surface area contributed by atoms with Crippen LogP contribution in [-0.4, -0.2) is 22.5 Å². The number of nitrogens with one attached hydrogen (secondary N) is 1. The van der Waals surface area contributed by atoms with Crippen LogP contribution >= 0.6 is 22.9 Å². The summed E-state index contributed by atoms with van der Waals surface area (Å²) in [5.74, 6) is -0.577. The van der Waals surface area contributed by atoms with E-state index >= 15 is 0 Å². The Kier molecular flexibility index (Phi) is 4.98. The van der Waals surface area contributed by atoms with Crippen LogP contribution < -0.4 is 5.32 Å². The van der Waals surface area contributed by atoms with Gasteiger partial charge in [0.1, 0.15) is 0 Å². The second kappa shape index (κ2) is 7.18. The van der Waals surface area contributed by atoms with Crippen LogP contribution in [0.2, 0.25) is 5.02 Å². The van der Waals surface area contributed by atoms with Crippen LogP contribution in [0.3, 0.4) is 0 Å². The molecule has 128 valence electrons. The average molecular weight is 377 g/mol. The first-order chi connectivity index (χ1) is 12.0. The zero-order valence-electron chi connectivity index (χ0n) is 12.8. The van der Waals surface area contributed by atoms with Crippen molar-refractivity contribution in [1.29, 1.82) is 0 Å². The van der Waals surface area contributed by atoms with Crippen molar-refractivity contribution in [2.24, 2.45) is 0 Å². The number of hydrogen-bond donors (Lipinski definition) is 2. The van der Waals surface area contributed by atoms with Crippen LogP contribution in [0, 0.1) is 10.1 Å². The molecule has 0 aliphatic rings. The standard InChI is InChI=1S/C17H13ClN2O4S/c18-14-6-5-10(20(23)24)7-12(14)17(22)19-8-15(21)13-9-25-16-4-2-1-3-11(13)16/h1-7,9,15,21H,8H2,(H,19,22). The first kappa shape index (κ1) is 17.3. The zero-order valence-corrected chi connectivity index (χ0v) is 14.4. The van der Waals surface area contributed by atoms with E-state index in [2.05, 4.69) is 5.32 Å². The van der Waals surface area contributed by atoms with Crippen LogP contribution in [0.25, 0.3) is 10.1 Å². The number of nitro groups is 1. The third-order valence-corrected chi connectivity index (χ3v) is 5.04. The number of rotatable bonds is 5. The summed E-state index contributed by atoms with van der Waals surface area (Å²) in [6.45, 7) is -0.0292. The largest absolute Gasteiger partial charge is 0.387 e. The van der Waals surface area contributed by atoms with E-state index in [9.17, 15) is 20.0 Å². The lowest BCUT2D eigenvalue weighted by Gasteiger charge is -2.12. The van der Waals surface area contributed by atoms with Gasteiger partial charge in [0.05, 0.1) is 21.6 Å². The van der Waals surface area contributed by atoms with Crippen molar-refractivity contribution in [1.82, 2.24) is 5.32 Å². The molecule has 8 heteroatoms. The fraction of sp³-hybridized carbons (Fsp3) is 0.118. The van der Waals surface area contributed by atoms with Gasteiger partial charge in [-0.05, 0) is 22.9 Å². The Morgan fingerprint density at radius 3 is 2.84 bits per heavy atom. The van der Waals surface area contributed by atoms with Crippen LogP contribution in [0.4, 0.5) is 5.69 Å². The molecule has 0 bridgehead atoms. The number of aliphatic hydroxyl groups excluding tert-OH is 1. The maximum Gasteiger partial charge on any atom is 0.270 e. The third-order valence-electron chi connectivity index (χ3n) is 3.73. The quantitative estimate of drug-likeness (QED) is 0.521. The number of nitro benzene ring substituents is 1. The van der Waals surface area contributed by atoms with Gasteiger partial charge in [-0.2, -0.15) is 0 Å². The predicted octanol–water partition coefficient (Wildman–Crippen LogP) is 3.93. The molecule has 0 spiro atoms. The molecular formula is C17H13ClN2O4S. The molecule has 0 radical (unpaired) electrons. The van der Waals surface area contributed by atoms with Gasteiger partial charge >= 0.3 is 0 Å². The third kappa shape index (κ3) is 3.63. The first-order valence-corrected chi connectivity index (χ1v) is 8.59. The molecule has 1 heterocycles. The van der Waals surface area contributed by atoms with E-state index in [1.165, 1.54) is 23.5 Å². The van der Waals surface area contributed by atoms with Gasteiger partial charge in [-0.1, -0.05) is 29.8 Å². The molecule has 0 aliphatic heterocycles. The van der Waals surface area contributed by atoms with Crippen molar-refractivity contribution in [3.8, 4) is 0 Å². The molecular weight excluding hydrogens is 364 g/mol. The highest BCUT2D eigenvalue weighted by molar-refractivity contribution is 7.17. The fourth-order valence-electron chi connectivity index (χ4n) is 2.45. The summed E-state index contributed by atoms with van der Waals surface area (Å²) in [6.07, 6.45) is -0.891. The fourth-order valence-corrected chi connectivity index (χ4v) is 3.66. The van der Waals surface area contributed by atoms with E-state index in [0.29, 0.717) is 0 Å². The van der Waals surface area contributed by atoms with Crippen molar-refractivity contribution in [2.75, 3.05) is 6.54 Å². The van der Waals surface area contributed by atoms with Crippen LogP contribution in [0.15, 0.2) is 47.8 Å². The molecule has 0 fully saturated rings. The van der Waals surface area contributed by atoms with Gasteiger partial charge in [0.2, 0.25) is 0 Å². The molecule has 25 heavy (non-hydrogen) atoms. The minimum absolute atomic E-state index is 0.00163. The van der Waals surface area contributed by atoms with Gasteiger partial charge in [-0.3, -0.25) is 14.9 Å². The van der Waals surface area contributed by atoms with E-state index in [1.54, 1.807) is 0 Å². The van der Waals surface area contributed by atoms with Crippen LogP contribution in [-0.2, 0) is 0 Å². The minimum atomic E-state index is -0.891. The number of nitrogens with zero attached hydrogens (tertiary/aromatic N) is 1. The van der Waals surface area contributed by atoms with Crippen molar-refractivity contribution in [2.45, 2.75) is 6.10 Å². The number of carbonyl (C=O) groups excluding carboxylic acids is 1. The normalized spacial score (nSPS) is 12.1. The van der Waals surface area contributed by atoms with Gasteiger partial charge in [-0.25, -0.2) is 0 Å². The van der Waals surface area contributed by atoms with E-state index in [-0.39, 0.29) is 22.8 Å². The monoisotopic (exact) mass is 376 g/mol. The lowest BCUT2D eigenvalue weighted by atomic mass is 10.1. The van der Waals surface area contributed by atoms with Gasteiger partial charge in [0, 0.05) is 28.9 Å². The molecule has 2 aromatic carbocycles. The molecule has 3 rings (SSSR count). The number of halogens is 1. The molecule has 1 unspecified atom stereocenters. The molecule has 0 saturated carbocycles. The molecule has 1 aromatic heterocycles. The summed E-state index contributed by atoms with van der Waals surface area (Å²) in [5.41, 5.74) is 0.503. The Balaban J connectivity index is 1.74. The average Bonchev–Trinajstić information content (AvgIpc) is 3.03. The highest BCUT2D eigenvalue weighted by atomic mass is 35.5. The maximum absolute atomic E-state index is 12.3. The summed E-state index contributed by atoms with van der Waals surface area (Å²) >= 11 is 7.46. The van der Waals surface area contributed by atoms with Crippen molar-refractivity contribution < 1.29 is 14.8 Å². The summed E-state index contributed by atoms with van der Waals surface area (Å²) in [6, 6.07) is 11.3. The molecule has 6 nitrogen and oxygen atoms in total.